The average Bonchev–Trinajstić information content (AvgIpc) is 2.81. The summed E-state index contributed by atoms with van der Waals surface area (Å²) >= 11 is 1.52. The number of rotatable bonds is 8. The van der Waals surface area contributed by atoms with Crippen molar-refractivity contribution in [3.63, 3.8) is 0 Å². The Kier molecular flexibility index (Phi) is 9.16. The molecule has 2 aromatic carbocycles. The first-order valence-electron chi connectivity index (χ1n) is 8.85. The van der Waals surface area contributed by atoms with Crippen LogP contribution in [0.4, 0.5) is 0 Å². The van der Waals surface area contributed by atoms with Gasteiger partial charge in [0.05, 0.1) is 18.6 Å². The number of hydrogen-bond donors (Lipinski definition) is 0. The second-order valence-corrected chi connectivity index (χ2v) is 8.45. The van der Waals surface area contributed by atoms with Crippen molar-refractivity contribution in [2.24, 2.45) is 0 Å². The topological polar surface area (TPSA) is 67.8 Å². The van der Waals surface area contributed by atoms with Gasteiger partial charge in [0.2, 0.25) is 0 Å². The van der Waals surface area contributed by atoms with E-state index in [0.717, 1.165) is 28.2 Å². The summed E-state index contributed by atoms with van der Waals surface area (Å²) in [5, 5.41) is 0. The van der Waals surface area contributed by atoms with Gasteiger partial charge in [-0.3, -0.25) is 4.57 Å². The number of benzene rings is 2. The molecule has 0 bridgehead atoms. The summed E-state index contributed by atoms with van der Waals surface area (Å²) in [6, 6.07) is 13.2. The number of fused-ring (bicyclic) bond motifs is 2. The summed E-state index contributed by atoms with van der Waals surface area (Å²) in [5.41, 5.74) is 1.53. The molecule has 0 aliphatic carbocycles. The van der Waals surface area contributed by atoms with Crippen LogP contribution in [0, 0.1) is 0 Å². The quantitative estimate of drug-likeness (QED) is 0.365. The minimum atomic E-state index is -4.48. The third-order valence-electron chi connectivity index (χ3n) is 4.09. The van der Waals surface area contributed by atoms with E-state index in [1.54, 1.807) is 13.2 Å². The second kappa shape index (κ2) is 10.9. The predicted molar refractivity (Wildman–Crippen MR) is 106 cm³/mol. The number of methoxy groups -OCH3 is 1. The number of unbranched alkanes of at least 4 members (excludes halogenated alkanes) is 2. The molecule has 3 rings (SSSR count). The zero-order valence-corrected chi connectivity index (χ0v) is 20.1. The van der Waals surface area contributed by atoms with Crippen molar-refractivity contribution in [3.8, 4) is 5.75 Å². The van der Waals surface area contributed by atoms with Crippen LogP contribution in [0.2, 0.25) is 0 Å². The van der Waals surface area contributed by atoms with Gasteiger partial charge in [0, 0.05) is 10.5 Å². The fourth-order valence-electron chi connectivity index (χ4n) is 2.75. The molecule has 1 heterocycles. The summed E-state index contributed by atoms with van der Waals surface area (Å²) < 4.78 is 28.3. The molecule has 0 N–H and O–H groups in total. The molecule has 0 saturated heterocycles. The van der Waals surface area contributed by atoms with Gasteiger partial charge in [-0.2, -0.15) is 0 Å². The molecule has 1 unspecified atom stereocenters. The third-order valence-corrected chi connectivity index (χ3v) is 6.23. The van der Waals surface area contributed by atoms with E-state index < -0.39 is 7.82 Å². The Hall–Kier alpha value is -0.720. The van der Waals surface area contributed by atoms with E-state index in [-0.39, 0.29) is 41.9 Å². The summed E-state index contributed by atoms with van der Waals surface area (Å²) in [6.45, 7) is 2.17. The van der Waals surface area contributed by atoms with Gasteiger partial charge < -0.3 is 18.7 Å². The molecule has 1 aliphatic heterocycles. The van der Waals surface area contributed by atoms with Gasteiger partial charge in [0.15, 0.2) is 0 Å². The molecule has 5 nitrogen and oxygen atoms in total. The SMILES string of the molecule is CCCCCOP(=O)([O-])OC1=Cc2ccccc2Sc2c(OC)cccc21.[Na+]. The van der Waals surface area contributed by atoms with Crippen LogP contribution in [-0.2, 0) is 13.6 Å². The minimum Gasteiger partial charge on any atom is -0.746 e. The van der Waals surface area contributed by atoms with Crippen molar-refractivity contribution in [1.29, 1.82) is 0 Å². The molecule has 0 radical (unpaired) electrons. The number of ether oxygens (including phenoxy) is 1. The Morgan fingerprint density at radius 1 is 1.11 bits per heavy atom. The van der Waals surface area contributed by atoms with Crippen LogP contribution in [0.5, 0.6) is 5.75 Å². The summed E-state index contributed by atoms with van der Waals surface area (Å²) in [5.74, 6) is 0.892. The van der Waals surface area contributed by atoms with E-state index in [9.17, 15) is 9.46 Å². The van der Waals surface area contributed by atoms with E-state index >= 15 is 0 Å². The van der Waals surface area contributed by atoms with Gasteiger partial charge in [-0.25, -0.2) is 0 Å². The zero-order chi connectivity index (χ0) is 19.3. The molecule has 0 saturated carbocycles. The zero-order valence-electron chi connectivity index (χ0n) is 16.3. The van der Waals surface area contributed by atoms with Crippen molar-refractivity contribution in [2.45, 2.75) is 36.0 Å². The van der Waals surface area contributed by atoms with Crippen LogP contribution in [0.15, 0.2) is 52.3 Å². The maximum Gasteiger partial charge on any atom is 1.00 e. The number of hydrogen-bond acceptors (Lipinski definition) is 6. The third kappa shape index (κ3) is 5.90. The van der Waals surface area contributed by atoms with Gasteiger partial charge in [0.1, 0.15) is 11.5 Å². The van der Waals surface area contributed by atoms with E-state index in [1.165, 1.54) is 11.8 Å². The van der Waals surface area contributed by atoms with Crippen molar-refractivity contribution in [1.82, 2.24) is 0 Å². The first kappa shape index (κ1) is 23.6. The molecular formula is C20H22NaO5PS. The van der Waals surface area contributed by atoms with Crippen molar-refractivity contribution < 1.29 is 52.8 Å². The fourth-order valence-corrected chi connectivity index (χ4v) is 4.69. The van der Waals surface area contributed by atoms with E-state index in [2.05, 4.69) is 0 Å². The maximum atomic E-state index is 12.4. The van der Waals surface area contributed by atoms with Crippen LogP contribution in [0.1, 0.15) is 37.3 Å². The standard InChI is InChI=1S/C20H23O5PS.Na/c1-3-4-7-13-24-26(21,22)25-18-14-15-9-5-6-12-19(15)27-20-16(18)10-8-11-17(20)23-2;/h5-6,8-12,14H,3-4,7,13H2,1-2H3,(H,21,22);/q;+1/p-1. The van der Waals surface area contributed by atoms with E-state index in [1.807, 2.05) is 49.4 Å². The van der Waals surface area contributed by atoms with E-state index in [0.29, 0.717) is 17.7 Å². The fraction of sp³-hybridized carbons (Fsp3) is 0.300. The molecule has 0 fully saturated rings. The Bertz CT molecular complexity index is 887. The molecule has 0 aromatic heterocycles. The molecule has 1 atom stereocenters. The van der Waals surface area contributed by atoms with Crippen molar-refractivity contribution in [3.05, 3.63) is 53.6 Å². The van der Waals surface area contributed by atoms with Crippen molar-refractivity contribution >= 4 is 31.4 Å². The Labute approximate surface area is 192 Å². The molecule has 2 aromatic rings. The molecule has 144 valence electrons. The monoisotopic (exact) mass is 428 g/mol. The maximum absolute atomic E-state index is 12.4. The molecule has 0 amide bonds. The smallest absolute Gasteiger partial charge is 0.746 e. The van der Waals surface area contributed by atoms with Gasteiger partial charge in [-0.05, 0) is 36.3 Å². The van der Waals surface area contributed by atoms with Gasteiger partial charge in [-0.1, -0.05) is 55.8 Å². The first-order valence-corrected chi connectivity index (χ1v) is 11.1. The van der Waals surface area contributed by atoms with Crippen LogP contribution in [0.25, 0.3) is 11.8 Å². The minimum absolute atomic E-state index is 0. The summed E-state index contributed by atoms with van der Waals surface area (Å²) in [4.78, 5) is 14.2. The largest absolute Gasteiger partial charge is 1.00 e. The normalized spacial score (nSPS) is 14.5. The molecule has 0 spiro atoms. The molecule has 1 aliphatic rings. The molecule has 28 heavy (non-hydrogen) atoms. The Balaban J connectivity index is 0.00000280. The van der Waals surface area contributed by atoms with Gasteiger partial charge >= 0.3 is 37.4 Å². The summed E-state index contributed by atoms with van der Waals surface area (Å²) in [7, 11) is -2.89. The number of phosphoric acid groups is 1. The summed E-state index contributed by atoms with van der Waals surface area (Å²) in [6.07, 6.45) is 4.30. The van der Waals surface area contributed by atoms with Crippen molar-refractivity contribution in [2.75, 3.05) is 13.7 Å². The van der Waals surface area contributed by atoms with Gasteiger partial charge in [0.25, 0.3) is 0 Å². The van der Waals surface area contributed by atoms with Gasteiger partial charge in [-0.15, -0.1) is 0 Å². The average molecular weight is 428 g/mol. The molecule has 8 heteroatoms. The van der Waals surface area contributed by atoms with Crippen LogP contribution in [-0.4, -0.2) is 13.7 Å². The van der Waals surface area contributed by atoms with Crippen LogP contribution < -0.4 is 39.2 Å². The second-order valence-electron chi connectivity index (χ2n) is 6.06. The van der Waals surface area contributed by atoms with Crippen LogP contribution >= 0.6 is 19.6 Å². The molecular weight excluding hydrogens is 406 g/mol. The van der Waals surface area contributed by atoms with Crippen LogP contribution in [0.3, 0.4) is 0 Å². The first-order chi connectivity index (χ1) is 13.0. The number of phosphoric ester groups is 1. The van der Waals surface area contributed by atoms with E-state index in [4.69, 9.17) is 13.8 Å². The Morgan fingerprint density at radius 2 is 1.89 bits per heavy atom. The predicted octanol–water partition coefficient (Wildman–Crippen LogP) is 2.35. The Morgan fingerprint density at radius 3 is 2.64 bits per heavy atom.